The quantitative estimate of drug-likeness (QED) is 0.789. The second kappa shape index (κ2) is 6.98. The van der Waals surface area contributed by atoms with Gasteiger partial charge in [0.25, 0.3) is 0 Å². The normalized spacial score (nSPS) is 12.6. The third-order valence-electron chi connectivity index (χ3n) is 2.73. The summed E-state index contributed by atoms with van der Waals surface area (Å²) in [5.74, 6) is 0. The molecule has 96 valence electrons. The zero-order valence-corrected chi connectivity index (χ0v) is 12.5. The molecule has 1 nitrogen and oxygen atoms in total. The minimum Gasteiger partial charge on any atom is -0.311 e. The minimum absolute atomic E-state index is 0.589. The van der Waals surface area contributed by atoms with Crippen molar-refractivity contribution in [2.45, 2.75) is 30.5 Å². The topological polar surface area (TPSA) is 12.0 Å². The summed E-state index contributed by atoms with van der Waals surface area (Å²) in [5.41, 5.74) is 1.37. The summed E-state index contributed by atoms with van der Waals surface area (Å²) in [6, 6.07) is 12.9. The molecule has 1 unspecified atom stereocenters. The second-order valence-electron chi connectivity index (χ2n) is 4.40. The van der Waals surface area contributed by atoms with Gasteiger partial charge in [0.05, 0.1) is 0 Å². The first-order valence-electron chi connectivity index (χ1n) is 6.21. The monoisotopic (exact) mass is 277 g/mol. The summed E-state index contributed by atoms with van der Waals surface area (Å²) in [7, 11) is 0. The van der Waals surface area contributed by atoms with E-state index in [1.54, 1.807) is 0 Å². The molecule has 18 heavy (non-hydrogen) atoms. The van der Waals surface area contributed by atoms with Gasteiger partial charge >= 0.3 is 0 Å². The van der Waals surface area contributed by atoms with Crippen molar-refractivity contribution in [3.63, 3.8) is 0 Å². The third kappa shape index (κ3) is 4.16. The van der Waals surface area contributed by atoms with Crippen LogP contribution < -0.4 is 5.32 Å². The molecule has 0 fully saturated rings. The predicted octanol–water partition coefficient (Wildman–Crippen LogP) is 4.33. The summed E-state index contributed by atoms with van der Waals surface area (Å²) in [6.45, 7) is 6.47. The first kappa shape index (κ1) is 13.7. The van der Waals surface area contributed by atoms with Gasteiger partial charge in [-0.15, -0.1) is 23.1 Å². The number of thioether (sulfide) groups is 1. The van der Waals surface area contributed by atoms with E-state index in [9.17, 15) is 0 Å². The molecule has 0 aliphatic rings. The lowest BCUT2D eigenvalue weighted by Crippen LogP contribution is -2.21. The molecule has 0 amide bonds. The van der Waals surface area contributed by atoms with E-state index in [0.29, 0.717) is 5.25 Å². The molecular formula is C15H19NS2. The lowest BCUT2D eigenvalue weighted by Gasteiger charge is -2.13. The Balaban J connectivity index is 1.75. The van der Waals surface area contributed by atoms with E-state index in [1.165, 1.54) is 15.3 Å². The van der Waals surface area contributed by atoms with E-state index in [0.717, 1.165) is 13.1 Å². The van der Waals surface area contributed by atoms with Crippen LogP contribution in [0, 0.1) is 6.92 Å². The van der Waals surface area contributed by atoms with Gasteiger partial charge in [0, 0.05) is 28.1 Å². The molecule has 2 rings (SSSR count). The van der Waals surface area contributed by atoms with Crippen LogP contribution in [0.4, 0.5) is 0 Å². The number of hydrogen-bond acceptors (Lipinski definition) is 3. The van der Waals surface area contributed by atoms with Crippen molar-refractivity contribution < 1.29 is 0 Å². The summed E-state index contributed by atoms with van der Waals surface area (Å²) < 4.78 is 0. The SMILES string of the molecule is Cc1ccccc1SC(C)CNCc1cccs1. The highest BCUT2D eigenvalue weighted by Crippen LogP contribution is 2.25. The van der Waals surface area contributed by atoms with Gasteiger partial charge in [-0.1, -0.05) is 31.2 Å². The van der Waals surface area contributed by atoms with E-state index in [1.807, 2.05) is 23.1 Å². The third-order valence-corrected chi connectivity index (χ3v) is 4.89. The van der Waals surface area contributed by atoms with Crippen LogP contribution in [0.3, 0.4) is 0 Å². The Morgan fingerprint density at radius 2 is 2.06 bits per heavy atom. The Bertz CT molecular complexity index is 465. The second-order valence-corrected chi connectivity index (χ2v) is 6.92. The van der Waals surface area contributed by atoms with Gasteiger partial charge in [0.15, 0.2) is 0 Å². The van der Waals surface area contributed by atoms with Gasteiger partial charge in [-0.3, -0.25) is 0 Å². The maximum absolute atomic E-state index is 3.52. The molecular weight excluding hydrogens is 258 g/mol. The fraction of sp³-hybridized carbons (Fsp3) is 0.333. The first-order valence-corrected chi connectivity index (χ1v) is 7.97. The molecule has 1 atom stereocenters. The van der Waals surface area contributed by atoms with Crippen LogP contribution in [0.25, 0.3) is 0 Å². The van der Waals surface area contributed by atoms with Gasteiger partial charge in [-0.05, 0) is 30.0 Å². The van der Waals surface area contributed by atoms with Crippen LogP contribution in [-0.4, -0.2) is 11.8 Å². The Kier molecular flexibility index (Phi) is 5.29. The Morgan fingerprint density at radius 1 is 1.22 bits per heavy atom. The van der Waals surface area contributed by atoms with Crippen LogP contribution in [0.2, 0.25) is 0 Å². The van der Waals surface area contributed by atoms with E-state index in [2.05, 4.69) is 60.9 Å². The van der Waals surface area contributed by atoms with Crippen LogP contribution in [0.5, 0.6) is 0 Å². The standard InChI is InChI=1S/C15H19NS2/c1-12-6-3-4-8-15(12)18-13(2)10-16-11-14-7-5-9-17-14/h3-9,13,16H,10-11H2,1-2H3. The molecule has 0 bridgehead atoms. The Morgan fingerprint density at radius 3 is 2.78 bits per heavy atom. The number of aryl methyl sites for hydroxylation is 1. The van der Waals surface area contributed by atoms with Crippen molar-refractivity contribution in [3.8, 4) is 0 Å². The van der Waals surface area contributed by atoms with Gasteiger partial charge < -0.3 is 5.32 Å². The number of benzene rings is 1. The predicted molar refractivity (Wildman–Crippen MR) is 82.5 cm³/mol. The molecule has 0 saturated carbocycles. The molecule has 1 N–H and O–H groups in total. The lowest BCUT2D eigenvalue weighted by atomic mass is 10.2. The highest BCUT2D eigenvalue weighted by molar-refractivity contribution is 8.00. The largest absolute Gasteiger partial charge is 0.311 e. The number of nitrogens with one attached hydrogen (secondary N) is 1. The van der Waals surface area contributed by atoms with Crippen molar-refractivity contribution in [1.29, 1.82) is 0 Å². The van der Waals surface area contributed by atoms with Crippen LogP contribution in [-0.2, 0) is 6.54 Å². The van der Waals surface area contributed by atoms with Gasteiger partial charge in [-0.25, -0.2) is 0 Å². The van der Waals surface area contributed by atoms with Crippen molar-refractivity contribution in [1.82, 2.24) is 5.32 Å². The summed E-state index contributed by atoms with van der Waals surface area (Å²) in [5, 5.41) is 6.23. The fourth-order valence-electron chi connectivity index (χ4n) is 1.76. The van der Waals surface area contributed by atoms with Crippen LogP contribution in [0.15, 0.2) is 46.7 Å². The maximum Gasteiger partial charge on any atom is 0.0300 e. The van der Waals surface area contributed by atoms with Gasteiger partial charge in [0.2, 0.25) is 0 Å². The van der Waals surface area contributed by atoms with Crippen molar-refractivity contribution in [2.75, 3.05) is 6.54 Å². The number of hydrogen-bond donors (Lipinski definition) is 1. The zero-order chi connectivity index (χ0) is 12.8. The first-order chi connectivity index (χ1) is 8.75. The number of thiophene rings is 1. The molecule has 1 aromatic heterocycles. The van der Waals surface area contributed by atoms with Crippen molar-refractivity contribution in [2.24, 2.45) is 0 Å². The van der Waals surface area contributed by atoms with Crippen LogP contribution in [0.1, 0.15) is 17.4 Å². The fourth-order valence-corrected chi connectivity index (χ4v) is 3.48. The Hall–Kier alpha value is -0.770. The van der Waals surface area contributed by atoms with Gasteiger partial charge in [0.1, 0.15) is 0 Å². The average molecular weight is 277 g/mol. The highest BCUT2D eigenvalue weighted by atomic mass is 32.2. The van der Waals surface area contributed by atoms with Crippen LogP contribution >= 0.6 is 23.1 Å². The lowest BCUT2D eigenvalue weighted by molar-refractivity contribution is 0.690. The summed E-state index contributed by atoms with van der Waals surface area (Å²) in [6.07, 6.45) is 0. The van der Waals surface area contributed by atoms with Crippen molar-refractivity contribution in [3.05, 3.63) is 52.2 Å². The molecule has 3 heteroatoms. The molecule has 0 radical (unpaired) electrons. The molecule has 0 spiro atoms. The average Bonchev–Trinajstić information content (AvgIpc) is 2.85. The molecule has 0 saturated heterocycles. The van der Waals surface area contributed by atoms with E-state index >= 15 is 0 Å². The smallest absolute Gasteiger partial charge is 0.0300 e. The number of rotatable bonds is 6. The van der Waals surface area contributed by atoms with Crippen molar-refractivity contribution >= 4 is 23.1 Å². The zero-order valence-electron chi connectivity index (χ0n) is 10.8. The highest BCUT2D eigenvalue weighted by Gasteiger charge is 2.06. The Labute approximate surface area is 118 Å². The van der Waals surface area contributed by atoms with Gasteiger partial charge in [-0.2, -0.15) is 0 Å². The molecule has 1 heterocycles. The molecule has 2 aromatic rings. The van der Waals surface area contributed by atoms with E-state index in [-0.39, 0.29) is 0 Å². The summed E-state index contributed by atoms with van der Waals surface area (Å²) in [4.78, 5) is 2.80. The minimum atomic E-state index is 0.589. The molecule has 0 aliphatic heterocycles. The van der Waals surface area contributed by atoms with E-state index in [4.69, 9.17) is 0 Å². The summed E-state index contributed by atoms with van der Waals surface area (Å²) >= 11 is 3.76. The molecule has 0 aliphatic carbocycles. The molecule has 1 aromatic carbocycles. The maximum atomic E-state index is 3.52. The van der Waals surface area contributed by atoms with E-state index < -0.39 is 0 Å².